The second-order valence-electron chi connectivity index (χ2n) is 5.17. The summed E-state index contributed by atoms with van der Waals surface area (Å²) in [5, 5.41) is 3.39. The molecule has 20 heavy (non-hydrogen) atoms. The van der Waals surface area contributed by atoms with Crippen LogP contribution in [0.15, 0.2) is 48.7 Å². The topological polar surface area (TPSA) is 28.2 Å². The fraction of sp³-hybridized carbons (Fsp3) is 0.353. The van der Waals surface area contributed by atoms with Crippen molar-refractivity contribution in [2.45, 2.75) is 19.9 Å². The van der Waals surface area contributed by atoms with E-state index in [2.05, 4.69) is 65.6 Å². The van der Waals surface area contributed by atoms with Gasteiger partial charge in [0.25, 0.3) is 0 Å². The van der Waals surface area contributed by atoms with Crippen LogP contribution in [0, 0.1) is 6.92 Å². The minimum absolute atomic E-state index is 0.955. The third-order valence-corrected chi connectivity index (χ3v) is 3.31. The van der Waals surface area contributed by atoms with Crippen LogP contribution in [0.2, 0.25) is 0 Å². The van der Waals surface area contributed by atoms with E-state index in [1.165, 1.54) is 11.1 Å². The van der Waals surface area contributed by atoms with E-state index in [0.29, 0.717) is 0 Å². The van der Waals surface area contributed by atoms with Gasteiger partial charge in [-0.25, -0.2) is 4.98 Å². The van der Waals surface area contributed by atoms with Crippen LogP contribution in [0.4, 0.5) is 5.82 Å². The van der Waals surface area contributed by atoms with E-state index in [4.69, 9.17) is 0 Å². The van der Waals surface area contributed by atoms with Crippen molar-refractivity contribution < 1.29 is 0 Å². The summed E-state index contributed by atoms with van der Waals surface area (Å²) in [5.74, 6) is 0.998. The maximum atomic E-state index is 4.34. The molecule has 0 aliphatic carbocycles. The van der Waals surface area contributed by atoms with Crippen LogP contribution >= 0.6 is 0 Å². The van der Waals surface area contributed by atoms with Gasteiger partial charge in [-0.15, -0.1) is 0 Å². The second-order valence-corrected chi connectivity index (χ2v) is 5.17. The molecular weight excluding hydrogens is 246 g/mol. The quantitative estimate of drug-likeness (QED) is 0.782. The number of hydrogen-bond acceptors (Lipinski definition) is 3. The summed E-state index contributed by atoms with van der Waals surface area (Å²) in [6, 6.07) is 14.6. The van der Waals surface area contributed by atoms with Crippen LogP contribution in [0.1, 0.15) is 17.5 Å². The lowest BCUT2D eigenvalue weighted by atomic mass is 10.2. The summed E-state index contributed by atoms with van der Waals surface area (Å²) >= 11 is 0. The molecular formula is C17H23N3. The number of benzene rings is 1. The minimum Gasteiger partial charge on any atom is -0.370 e. The van der Waals surface area contributed by atoms with Crippen molar-refractivity contribution in [2.75, 3.05) is 25.5 Å². The van der Waals surface area contributed by atoms with Crippen molar-refractivity contribution >= 4 is 5.82 Å². The molecule has 0 spiro atoms. The SMILES string of the molecule is Cc1cccnc1NCCCN(C)Cc1ccccc1. The van der Waals surface area contributed by atoms with Crippen LogP contribution in [0.3, 0.4) is 0 Å². The second kappa shape index (κ2) is 7.65. The maximum Gasteiger partial charge on any atom is 0.128 e. The number of nitrogens with one attached hydrogen (secondary N) is 1. The van der Waals surface area contributed by atoms with Gasteiger partial charge in [0.2, 0.25) is 0 Å². The van der Waals surface area contributed by atoms with Gasteiger partial charge < -0.3 is 10.2 Å². The fourth-order valence-electron chi connectivity index (χ4n) is 2.20. The lowest BCUT2D eigenvalue weighted by molar-refractivity contribution is 0.325. The van der Waals surface area contributed by atoms with E-state index in [9.17, 15) is 0 Å². The van der Waals surface area contributed by atoms with E-state index in [1.807, 2.05) is 12.3 Å². The van der Waals surface area contributed by atoms with Gasteiger partial charge in [-0.3, -0.25) is 0 Å². The van der Waals surface area contributed by atoms with Crippen LogP contribution in [0.5, 0.6) is 0 Å². The van der Waals surface area contributed by atoms with Gasteiger partial charge in [-0.1, -0.05) is 36.4 Å². The first-order valence-corrected chi connectivity index (χ1v) is 7.13. The van der Waals surface area contributed by atoms with Gasteiger partial charge in [-0.2, -0.15) is 0 Å². The summed E-state index contributed by atoms with van der Waals surface area (Å²) in [5.41, 5.74) is 2.56. The number of aryl methyl sites for hydroxylation is 1. The minimum atomic E-state index is 0.955. The Bertz CT molecular complexity index is 511. The Morgan fingerprint density at radius 1 is 1.10 bits per heavy atom. The molecule has 2 rings (SSSR count). The molecule has 0 atom stereocenters. The van der Waals surface area contributed by atoms with E-state index in [0.717, 1.165) is 31.9 Å². The molecule has 3 heteroatoms. The average molecular weight is 269 g/mol. The third kappa shape index (κ3) is 4.67. The Hall–Kier alpha value is -1.87. The highest BCUT2D eigenvalue weighted by Gasteiger charge is 2.01. The molecule has 1 heterocycles. The first kappa shape index (κ1) is 14.5. The summed E-state index contributed by atoms with van der Waals surface area (Å²) in [6.07, 6.45) is 2.94. The van der Waals surface area contributed by atoms with Crippen molar-refractivity contribution in [3.8, 4) is 0 Å². The summed E-state index contributed by atoms with van der Waals surface area (Å²) in [6.45, 7) is 5.12. The molecule has 1 aromatic heterocycles. The molecule has 1 aromatic carbocycles. The molecule has 0 unspecified atom stereocenters. The van der Waals surface area contributed by atoms with Gasteiger partial charge >= 0.3 is 0 Å². The van der Waals surface area contributed by atoms with E-state index in [-0.39, 0.29) is 0 Å². The normalized spacial score (nSPS) is 10.8. The molecule has 3 nitrogen and oxygen atoms in total. The number of pyridine rings is 1. The Morgan fingerprint density at radius 3 is 2.65 bits per heavy atom. The monoisotopic (exact) mass is 269 g/mol. The van der Waals surface area contributed by atoms with Crippen molar-refractivity contribution in [2.24, 2.45) is 0 Å². The molecule has 106 valence electrons. The van der Waals surface area contributed by atoms with Crippen LogP contribution in [-0.2, 0) is 6.54 Å². The Morgan fingerprint density at radius 2 is 1.90 bits per heavy atom. The standard InChI is InChI=1S/C17H23N3/c1-15-8-6-11-18-17(15)19-12-7-13-20(2)14-16-9-4-3-5-10-16/h3-6,8-11H,7,12-14H2,1-2H3,(H,18,19). The Kier molecular flexibility index (Phi) is 5.56. The third-order valence-electron chi connectivity index (χ3n) is 3.31. The molecule has 0 aliphatic heterocycles. The first-order chi connectivity index (χ1) is 9.75. The van der Waals surface area contributed by atoms with Crippen LogP contribution < -0.4 is 5.32 Å². The average Bonchev–Trinajstić information content (AvgIpc) is 2.46. The smallest absolute Gasteiger partial charge is 0.128 e. The van der Waals surface area contributed by atoms with Gasteiger partial charge in [0.15, 0.2) is 0 Å². The number of aromatic nitrogens is 1. The van der Waals surface area contributed by atoms with Crippen molar-refractivity contribution in [1.82, 2.24) is 9.88 Å². The lowest BCUT2D eigenvalue weighted by Gasteiger charge is -2.17. The largest absolute Gasteiger partial charge is 0.370 e. The van der Waals surface area contributed by atoms with Crippen molar-refractivity contribution in [1.29, 1.82) is 0 Å². The molecule has 0 fully saturated rings. The molecule has 1 N–H and O–H groups in total. The maximum absolute atomic E-state index is 4.34. The highest BCUT2D eigenvalue weighted by Crippen LogP contribution is 2.09. The van der Waals surface area contributed by atoms with Gasteiger partial charge in [0.05, 0.1) is 0 Å². The number of rotatable bonds is 7. The zero-order valence-electron chi connectivity index (χ0n) is 12.3. The highest BCUT2D eigenvalue weighted by atomic mass is 15.1. The van der Waals surface area contributed by atoms with E-state index >= 15 is 0 Å². The predicted molar refractivity (Wildman–Crippen MR) is 84.9 cm³/mol. The van der Waals surface area contributed by atoms with Gasteiger partial charge in [0.1, 0.15) is 5.82 Å². The fourth-order valence-corrected chi connectivity index (χ4v) is 2.20. The summed E-state index contributed by atoms with van der Waals surface area (Å²) < 4.78 is 0. The van der Waals surface area contributed by atoms with Gasteiger partial charge in [-0.05, 0) is 44.1 Å². The molecule has 0 radical (unpaired) electrons. The molecule has 2 aromatic rings. The number of hydrogen-bond donors (Lipinski definition) is 1. The van der Waals surface area contributed by atoms with Crippen molar-refractivity contribution in [3.63, 3.8) is 0 Å². The molecule has 0 aliphatic rings. The molecule has 0 saturated heterocycles. The number of nitrogens with zero attached hydrogens (tertiary/aromatic N) is 2. The van der Waals surface area contributed by atoms with E-state index < -0.39 is 0 Å². The zero-order chi connectivity index (χ0) is 14.2. The number of anilines is 1. The molecule has 0 saturated carbocycles. The predicted octanol–water partition coefficient (Wildman–Crippen LogP) is 3.32. The summed E-state index contributed by atoms with van der Waals surface area (Å²) in [4.78, 5) is 6.69. The Labute approximate surface area is 121 Å². The lowest BCUT2D eigenvalue weighted by Crippen LogP contribution is -2.21. The molecule has 0 bridgehead atoms. The van der Waals surface area contributed by atoms with Gasteiger partial charge in [0, 0.05) is 19.3 Å². The first-order valence-electron chi connectivity index (χ1n) is 7.13. The molecule has 0 amide bonds. The highest BCUT2D eigenvalue weighted by molar-refractivity contribution is 5.42. The van der Waals surface area contributed by atoms with Crippen molar-refractivity contribution in [3.05, 3.63) is 59.8 Å². The van der Waals surface area contributed by atoms with E-state index in [1.54, 1.807) is 0 Å². The zero-order valence-corrected chi connectivity index (χ0v) is 12.3. The van der Waals surface area contributed by atoms with Crippen LogP contribution in [-0.4, -0.2) is 30.0 Å². The Balaban J connectivity index is 1.67. The van der Waals surface area contributed by atoms with Crippen LogP contribution in [0.25, 0.3) is 0 Å². The summed E-state index contributed by atoms with van der Waals surface area (Å²) in [7, 11) is 2.17.